The Balaban J connectivity index is 1.89. The largest absolute Gasteiger partial charge is 0.476 e. The quantitative estimate of drug-likeness (QED) is 0.767. The molecule has 6 heteroatoms. The number of benzene rings is 1. The molecule has 94 valence electrons. The van der Waals surface area contributed by atoms with Crippen LogP contribution in [0.4, 0.5) is 0 Å². The van der Waals surface area contributed by atoms with Crippen LogP contribution < -0.4 is 0 Å². The van der Waals surface area contributed by atoms with E-state index < -0.39 is 5.97 Å². The highest BCUT2D eigenvalue weighted by Gasteiger charge is 2.08. The van der Waals surface area contributed by atoms with Crippen LogP contribution in [0.1, 0.15) is 16.1 Å². The maximum Gasteiger partial charge on any atom is 0.358 e. The van der Waals surface area contributed by atoms with Gasteiger partial charge in [-0.2, -0.15) is 0 Å². The van der Waals surface area contributed by atoms with Crippen LogP contribution in [0.25, 0.3) is 10.9 Å². The van der Waals surface area contributed by atoms with Crippen molar-refractivity contribution in [3.8, 4) is 0 Å². The molecule has 0 saturated heterocycles. The third kappa shape index (κ3) is 2.28. The Bertz CT molecular complexity index is 751. The van der Waals surface area contributed by atoms with Gasteiger partial charge in [-0.3, -0.25) is 4.98 Å². The predicted octanol–water partition coefficient (Wildman–Crippen LogP) is 1.57. The Labute approximate surface area is 108 Å². The third-order valence-corrected chi connectivity index (χ3v) is 2.77. The molecule has 0 aliphatic heterocycles. The lowest BCUT2D eigenvalue weighted by Crippen LogP contribution is -2.00. The molecule has 3 aromatic rings. The van der Waals surface area contributed by atoms with Crippen LogP contribution in [0.3, 0.4) is 0 Å². The molecule has 0 saturated carbocycles. The van der Waals surface area contributed by atoms with Gasteiger partial charge in [0.2, 0.25) is 0 Å². The van der Waals surface area contributed by atoms with E-state index >= 15 is 0 Å². The van der Waals surface area contributed by atoms with E-state index in [0.29, 0.717) is 6.54 Å². The van der Waals surface area contributed by atoms with Gasteiger partial charge in [-0.05, 0) is 23.8 Å². The molecule has 0 radical (unpaired) electrons. The summed E-state index contributed by atoms with van der Waals surface area (Å²) in [6, 6.07) is 9.74. The minimum atomic E-state index is -1.08. The lowest BCUT2D eigenvalue weighted by atomic mass is 10.1. The van der Waals surface area contributed by atoms with Crippen LogP contribution in [0.5, 0.6) is 0 Å². The van der Waals surface area contributed by atoms with Crippen molar-refractivity contribution in [3.05, 3.63) is 54.0 Å². The van der Waals surface area contributed by atoms with Crippen molar-refractivity contribution in [1.82, 2.24) is 20.0 Å². The maximum absolute atomic E-state index is 10.7. The molecule has 0 amide bonds. The van der Waals surface area contributed by atoms with Crippen LogP contribution in [0.2, 0.25) is 0 Å². The summed E-state index contributed by atoms with van der Waals surface area (Å²) < 4.78 is 1.50. The average Bonchev–Trinajstić information content (AvgIpc) is 2.87. The van der Waals surface area contributed by atoms with Gasteiger partial charge in [0.1, 0.15) is 0 Å². The second-order valence-corrected chi connectivity index (χ2v) is 4.14. The highest BCUT2D eigenvalue weighted by Crippen LogP contribution is 2.14. The molecule has 0 bridgehead atoms. The zero-order chi connectivity index (χ0) is 13.2. The molecule has 0 unspecified atom stereocenters. The van der Waals surface area contributed by atoms with Crippen molar-refractivity contribution >= 4 is 16.9 Å². The second kappa shape index (κ2) is 4.49. The summed E-state index contributed by atoms with van der Waals surface area (Å²) in [5.74, 6) is -1.08. The zero-order valence-corrected chi connectivity index (χ0v) is 9.89. The van der Waals surface area contributed by atoms with Gasteiger partial charge in [0, 0.05) is 11.6 Å². The number of carboxylic acids is 1. The number of carboxylic acid groups (broad SMARTS) is 1. The second-order valence-electron chi connectivity index (χ2n) is 4.14. The van der Waals surface area contributed by atoms with E-state index in [1.54, 1.807) is 6.20 Å². The Morgan fingerprint density at radius 1 is 1.32 bits per heavy atom. The Hall–Kier alpha value is -2.76. The van der Waals surface area contributed by atoms with E-state index in [1.807, 2.05) is 30.3 Å². The Kier molecular flexibility index (Phi) is 2.68. The number of aromatic nitrogens is 4. The minimum Gasteiger partial charge on any atom is -0.476 e. The minimum absolute atomic E-state index is 0.0533. The summed E-state index contributed by atoms with van der Waals surface area (Å²) in [6.07, 6.45) is 3.16. The summed E-state index contributed by atoms with van der Waals surface area (Å²) in [6.45, 7) is 0.477. The number of pyridine rings is 1. The molecule has 0 aliphatic carbocycles. The van der Waals surface area contributed by atoms with E-state index in [4.69, 9.17) is 5.11 Å². The van der Waals surface area contributed by atoms with Gasteiger partial charge in [-0.25, -0.2) is 9.48 Å². The van der Waals surface area contributed by atoms with Crippen molar-refractivity contribution in [2.75, 3.05) is 0 Å². The van der Waals surface area contributed by atoms with Gasteiger partial charge in [-0.15, -0.1) is 5.10 Å². The highest BCUT2D eigenvalue weighted by atomic mass is 16.4. The van der Waals surface area contributed by atoms with Crippen LogP contribution in [-0.4, -0.2) is 31.1 Å². The van der Waals surface area contributed by atoms with Crippen LogP contribution >= 0.6 is 0 Å². The molecule has 19 heavy (non-hydrogen) atoms. The first-order valence-corrected chi connectivity index (χ1v) is 5.69. The number of aromatic carboxylic acids is 1. The molecule has 0 aliphatic rings. The van der Waals surface area contributed by atoms with Crippen molar-refractivity contribution in [3.63, 3.8) is 0 Å². The van der Waals surface area contributed by atoms with Crippen LogP contribution in [-0.2, 0) is 6.54 Å². The number of nitrogens with zero attached hydrogens (tertiary/aromatic N) is 4. The number of hydrogen-bond acceptors (Lipinski definition) is 4. The fourth-order valence-corrected chi connectivity index (χ4v) is 1.88. The third-order valence-electron chi connectivity index (χ3n) is 2.77. The molecule has 1 aromatic carbocycles. The SMILES string of the molecule is O=C(O)c1cn(Cc2ccc3ncccc3c2)nn1. The summed E-state index contributed by atoms with van der Waals surface area (Å²) >= 11 is 0. The van der Waals surface area contributed by atoms with E-state index in [0.717, 1.165) is 16.5 Å². The van der Waals surface area contributed by atoms with E-state index in [9.17, 15) is 4.79 Å². The molecule has 6 nitrogen and oxygen atoms in total. The van der Waals surface area contributed by atoms with Gasteiger partial charge >= 0.3 is 5.97 Å². The number of carbonyl (C=O) groups is 1. The van der Waals surface area contributed by atoms with E-state index in [-0.39, 0.29) is 5.69 Å². The fraction of sp³-hybridized carbons (Fsp3) is 0.0769. The number of hydrogen-bond donors (Lipinski definition) is 1. The molecule has 0 fully saturated rings. The Morgan fingerprint density at radius 2 is 2.21 bits per heavy atom. The van der Waals surface area contributed by atoms with Crippen molar-refractivity contribution in [2.24, 2.45) is 0 Å². The fourth-order valence-electron chi connectivity index (χ4n) is 1.88. The summed E-state index contributed by atoms with van der Waals surface area (Å²) in [4.78, 5) is 15.0. The lowest BCUT2D eigenvalue weighted by molar-refractivity contribution is 0.0690. The molecular weight excluding hydrogens is 244 g/mol. The van der Waals surface area contributed by atoms with Crippen LogP contribution in [0, 0.1) is 0 Å². The van der Waals surface area contributed by atoms with E-state index in [2.05, 4.69) is 15.3 Å². The molecule has 0 spiro atoms. The van der Waals surface area contributed by atoms with Crippen molar-refractivity contribution < 1.29 is 9.90 Å². The van der Waals surface area contributed by atoms with E-state index in [1.165, 1.54) is 10.9 Å². The smallest absolute Gasteiger partial charge is 0.358 e. The zero-order valence-electron chi connectivity index (χ0n) is 9.89. The molecule has 2 heterocycles. The molecule has 2 aromatic heterocycles. The first-order valence-electron chi connectivity index (χ1n) is 5.69. The maximum atomic E-state index is 10.7. The predicted molar refractivity (Wildman–Crippen MR) is 67.8 cm³/mol. The monoisotopic (exact) mass is 254 g/mol. The topological polar surface area (TPSA) is 80.9 Å². The summed E-state index contributed by atoms with van der Waals surface area (Å²) in [5.41, 5.74) is 1.89. The number of fused-ring (bicyclic) bond motifs is 1. The van der Waals surface area contributed by atoms with Gasteiger partial charge in [0.05, 0.1) is 18.3 Å². The van der Waals surface area contributed by atoms with Crippen molar-refractivity contribution in [1.29, 1.82) is 0 Å². The molecular formula is C13H10N4O2. The average molecular weight is 254 g/mol. The van der Waals surface area contributed by atoms with Gasteiger partial charge < -0.3 is 5.11 Å². The summed E-state index contributed by atoms with van der Waals surface area (Å²) in [5, 5.41) is 17.2. The van der Waals surface area contributed by atoms with Gasteiger partial charge in [-0.1, -0.05) is 17.3 Å². The van der Waals surface area contributed by atoms with Gasteiger partial charge in [0.25, 0.3) is 0 Å². The molecule has 3 rings (SSSR count). The number of rotatable bonds is 3. The van der Waals surface area contributed by atoms with Crippen LogP contribution in [0.15, 0.2) is 42.7 Å². The van der Waals surface area contributed by atoms with Gasteiger partial charge in [0.15, 0.2) is 5.69 Å². The molecule has 1 N–H and O–H groups in total. The standard InChI is InChI=1S/C13H10N4O2/c18-13(19)12-8-17(16-15-12)7-9-3-4-11-10(6-9)2-1-5-14-11/h1-6,8H,7H2,(H,18,19). The highest BCUT2D eigenvalue weighted by molar-refractivity contribution is 5.84. The normalized spacial score (nSPS) is 10.7. The Morgan fingerprint density at radius 3 is 3.00 bits per heavy atom. The first kappa shape index (κ1) is 11.3. The molecule has 0 atom stereocenters. The first-order chi connectivity index (χ1) is 9.22. The van der Waals surface area contributed by atoms with Crippen molar-refractivity contribution in [2.45, 2.75) is 6.54 Å². The summed E-state index contributed by atoms with van der Waals surface area (Å²) in [7, 11) is 0. The lowest BCUT2D eigenvalue weighted by Gasteiger charge is -2.02.